The van der Waals surface area contributed by atoms with Crippen molar-refractivity contribution in [1.29, 1.82) is 0 Å². The fourth-order valence-corrected chi connectivity index (χ4v) is 2.10. The Morgan fingerprint density at radius 2 is 1.95 bits per heavy atom. The number of rotatable bonds is 3. The molecule has 4 heteroatoms. The molecule has 0 aromatic heterocycles. The van der Waals surface area contributed by atoms with E-state index in [0.29, 0.717) is 32.2 Å². The largest absolute Gasteiger partial charge is 0.378 e. The quantitative estimate of drug-likeness (QED) is 0.909. The van der Waals surface area contributed by atoms with Gasteiger partial charge in [-0.25, -0.2) is 4.79 Å². The summed E-state index contributed by atoms with van der Waals surface area (Å²) >= 11 is 0. The van der Waals surface area contributed by atoms with Crippen LogP contribution >= 0.6 is 0 Å². The topological polar surface area (TPSA) is 41.6 Å². The number of nitrogens with one attached hydrogen (secondary N) is 1. The predicted octanol–water partition coefficient (Wildman–Crippen LogP) is 3.06. The summed E-state index contributed by atoms with van der Waals surface area (Å²) in [4.78, 5) is 13.8. The zero-order valence-electron chi connectivity index (χ0n) is 11.7. The molecule has 0 radical (unpaired) electrons. The molecule has 19 heavy (non-hydrogen) atoms. The van der Waals surface area contributed by atoms with Crippen LogP contribution in [0.25, 0.3) is 0 Å². The van der Waals surface area contributed by atoms with E-state index in [0.717, 1.165) is 12.1 Å². The molecule has 0 saturated carbocycles. The minimum Gasteiger partial charge on any atom is -0.378 e. The Bertz CT molecular complexity index is 411. The average Bonchev–Trinajstić information content (AvgIpc) is 2.48. The summed E-state index contributed by atoms with van der Waals surface area (Å²) in [7, 11) is 0. The first kappa shape index (κ1) is 13.9. The van der Waals surface area contributed by atoms with Gasteiger partial charge in [-0.15, -0.1) is 0 Å². The van der Waals surface area contributed by atoms with Gasteiger partial charge in [0.25, 0.3) is 0 Å². The molecular weight excluding hydrogens is 240 g/mol. The third-order valence-corrected chi connectivity index (χ3v) is 3.64. The lowest BCUT2D eigenvalue weighted by Gasteiger charge is -2.27. The van der Waals surface area contributed by atoms with Gasteiger partial charge in [-0.3, -0.25) is 0 Å². The normalized spacial score (nSPS) is 17.1. The summed E-state index contributed by atoms with van der Waals surface area (Å²) < 4.78 is 5.23. The van der Waals surface area contributed by atoms with Crippen molar-refractivity contribution in [2.24, 2.45) is 0 Å². The van der Waals surface area contributed by atoms with Gasteiger partial charge < -0.3 is 15.0 Å². The van der Waals surface area contributed by atoms with Crippen molar-refractivity contribution in [3.8, 4) is 0 Å². The molecule has 1 saturated heterocycles. The second-order valence-corrected chi connectivity index (χ2v) is 4.96. The molecule has 1 fully saturated rings. The van der Waals surface area contributed by atoms with Crippen molar-refractivity contribution < 1.29 is 9.53 Å². The van der Waals surface area contributed by atoms with Crippen molar-refractivity contribution in [2.75, 3.05) is 31.6 Å². The summed E-state index contributed by atoms with van der Waals surface area (Å²) in [6.45, 7) is 6.97. The van der Waals surface area contributed by atoms with E-state index in [2.05, 4.69) is 31.3 Å². The van der Waals surface area contributed by atoms with E-state index in [1.807, 2.05) is 12.1 Å². The highest BCUT2D eigenvalue weighted by Gasteiger charge is 2.16. The Balaban J connectivity index is 1.93. The van der Waals surface area contributed by atoms with Gasteiger partial charge in [0.2, 0.25) is 0 Å². The van der Waals surface area contributed by atoms with Crippen LogP contribution in [0.5, 0.6) is 0 Å². The van der Waals surface area contributed by atoms with Crippen molar-refractivity contribution in [2.45, 2.75) is 26.2 Å². The summed E-state index contributed by atoms with van der Waals surface area (Å²) in [5.74, 6) is 0.559. The van der Waals surface area contributed by atoms with Crippen molar-refractivity contribution in [3.05, 3.63) is 29.8 Å². The van der Waals surface area contributed by atoms with Crippen molar-refractivity contribution in [3.63, 3.8) is 0 Å². The SMILES string of the molecule is CC[C@H](C)c1ccc(NC(=O)N2CCOCC2)cc1. The van der Waals surface area contributed by atoms with Crippen LogP contribution in [0.2, 0.25) is 0 Å². The zero-order chi connectivity index (χ0) is 13.7. The highest BCUT2D eigenvalue weighted by atomic mass is 16.5. The number of benzene rings is 1. The second kappa shape index (κ2) is 6.57. The molecule has 1 aromatic carbocycles. The molecule has 0 aliphatic carbocycles. The minimum atomic E-state index is -0.0420. The molecule has 2 amide bonds. The standard InChI is InChI=1S/C15H22N2O2/c1-3-12(2)13-4-6-14(7-5-13)16-15(18)17-8-10-19-11-9-17/h4-7,12H,3,8-11H2,1-2H3,(H,16,18)/t12-/m0/s1. The molecular formula is C15H22N2O2. The molecule has 1 heterocycles. The first-order valence-electron chi connectivity index (χ1n) is 6.94. The van der Waals surface area contributed by atoms with Crippen molar-refractivity contribution in [1.82, 2.24) is 4.90 Å². The highest BCUT2D eigenvalue weighted by Crippen LogP contribution is 2.20. The first-order chi connectivity index (χ1) is 9.20. The molecule has 104 valence electrons. The number of morpholine rings is 1. The van der Waals surface area contributed by atoms with E-state index in [1.54, 1.807) is 4.90 Å². The first-order valence-corrected chi connectivity index (χ1v) is 6.94. The zero-order valence-corrected chi connectivity index (χ0v) is 11.7. The number of carbonyl (C=O) groups excluding carboxylic acids is 1. The third-order valence-electron chi connectivity index (χ3n) is 3.64. The molecule has 1 N–H and O–H groups in total. The summed E-state index contributed by atoms with van der Waals surface area (Å²) in [5, 5.41) is 2.93. The van der Waals surface area contributed by atoms with Gasteiger partial charge in [0.1, 0.15) is 0 Å². The lowest BCUT2D eigenvalue weighted by molar-refractivity contribution is 0.0564. The molecule has 1 aromatic rings. The van der Waals surface area contributed by atoms with Gasteiger partial charge in [0.05, 0.1) is 13.2 Å². The van der Waals surface area contributed by atoms with Crippen LogP contribution < -0.4 is 5.32 Å². The Morgan fingerprint density at radius 3 is 2.53 bits per heavy atom. The second-order valence-electron chi connectivity index (χ2n) is 4.96. The molecule has 0 bridgehead atoms. The number of amides is 2. The molecule has 1 aliphatic heterocycles. The van der Waals surface area contributed by atoms with Crippen LogP contribution in [0.15, 0.2) is 24.3 Å². The summed E-state index contributed by atoms with van der Waals surface area (Å²) in [6, 6.07) is 8.07. The number of nitrogens with zero attached hydrogens (tertiary/aromatic N) is 1. The lowest BCUT2D eigenvalue weighted by Crippen LogP contribution is -2.43. The minimum absolute atomic E-state index is 0.0420. The van der Waals surface area contributed by atoms with E-state index in [1.165, 1.54) is 5.56 Å². The number of hydrogen-bond acceptors (Lipinski definition) is 2. The van der Waals surface area contributed by atoms with Crippen LogP contribution in [0.3, 0.4) is 0 Å². The summed E-state index contributed by atoms with van der Waals surface area (Å²) in [5.41, 5.74) is 2.16. The fourth-order valence-electron chi connectivity index (χ4n) is 2.10. The highest BCUT2D eigenvalue weighted by molar-refractivity contribution is 5.89. The van der Waals surface area contributed by atoms with E-state index < -0.39 is 0 Å². The molecule has 0 spiro atoms. The molecule has 2 rings (SSSR count). The van der Waals surface area contributed by atoms with Gasteiger partial charge in [-0.2, -0.15) is 0 Å². The molecule has 4 nitrogen and oxygen atoms in total. The monoisotopic (exact) mass is 262 g/mol. The predicted molar refractivity (Wildman–Crippen MR) is 76.6 cm³/mol. The Kier molecular flexibility index (Phi) is 4.80. The molecule has 0 unspecified atom stereocenters. The Labute approximate surface area is 114 Å². The van der Waals surface area contributed by atoms with Gasteiger partial charge in [-0.1, -0.05) is 26.0 Å². The number of urea groups is 1. The van der Waals surface area contributed by atoms with Gasteiger partial charge in [0, 0.05) is 18.8 Å². The van der Waals surface area contributed by atoms with E-state index in [4.69, 9.17) is 4.74 Å². The lowest BCUT2D eigenvalue weighted by atomic mass is 9.99. The maximum absolute atomic E-state index is 12.0. The van der Waals surface area contributed by atoms with Crippen LogP contribution in [0.1, 0.15) is 31.7 Å². The smallest absolute Gasteiger partial charge is 0.321 e. The molecule has 1 atom stereocenters. The molecule has 1 aliphatic rings. The van der Waals surface area contributed by atoms with Crippen LogP contribution in [0.4, 0.5) is 10.5 Å². The van der Waals surface area contributed by atoms with E-state index >= 15 is 0 Å². The fraction of sp³-hybridized carbons (Fsp3) is 0.533. The number of hydrogen-bond donors (Lipinski definition) is 1. The van der Waals surface area contributed by atoms with Crippen LogP contribution in [-0.4, -0.2) is 37.2 Å². The summed E-state index contributed by atoms with van der Waals surface area (Å²) in [6.07, 6.45) is 1.12. The van der Waals surface area contributed by atoms with Crippen molar-refractivity contribution >= 4 is 11.7 Å². The Morgan fingerprint density at radius 1 is 1.32 bits per heavy atom. The van der Waals surface area contributed by atoms with Gasteiger partial charge in [-0.05, 0) is 30.0 Å². The maximum Gasteiger partial charge on any atom is 0.321 e. The number of anilines is 1. The van der Waals surface area contributed by atoms with E-state index in [-0.39, 0.29) is 6.03 Å². The van der Waals surface area contributed by atoms with Gasteiger partial charge in [0.15, 0.2) is 0 Å². The Hall–Kier alpha value is -1.55. The van der Waals surface area contributed by atoms with Crippen LogP contribution in [0, 0.1) is 0 Å². The average molecular weight is 262 g/mol. The maximum atomic E-state index is 12.0. The third kappa shape index (κ3) is 3.70. The number of carbonyl (C=O) groups is 1. The van der Waals surface area contributed by atoms with E-state index in [9.17, 15) is 4.79 Å². The number of ether oxygens (including phenoxy) is 1. The van der Waals surface area contributed by atoms with Gasteiger partial charge >= 0.3 is 6.03 Å². The van der Waals surface area contributed by atoms with Crippen LogP contribution in [-0.2, 0) is 4.74 Å².